The fourth-order valence-corrected chi connectivity index (χ4v) is 2.42. The molecule has 3 nitrogen and oxygen atoms in total. The molecular weight excluding hydrogens is 340 g/mol. The van der Waals surface area contributed by atoms with Crippen molar-refractivity contribution >= 4 is 37.8 Å². The number of carbonyl (C=O) groups is 1. The van der Waals surface area contributed by atoms with Crippen LogP contribution in [0.15, 0.2) is 21.1 Å². The topological polar surface area (TPSA) is 57.5 Å². The smallest absolute Gasteiger partial charge is 0.303 e. The van der Waals surface area contributed by atoms with Gasteiger partial charge in [0.1, 0.15) is 0 Å². The van der Waals surface area contributed by atoms with E-state index in [0.29, 0.717) is 5.56 Å². The quantitative estimate of drug-likeness (QED) is 0.873. The van der Waals surface area contributed by atoms with Crippen LogP contribution in [0, 0.1) is 6.92 Å². The van der Waals surface area contributed by atoms with E-state index in [1.165, 1.54) is 0 Å². The summed E-state index contributed by atoms with van der Waals surface area (Å²) in [5.74, 6) is -0.902. The van der Waals surface area contributed by atoms with Crippen molar-refractivity contribution in [1.82, 2.24) is 0 Å². The molecule has 0 saturated carbocycles. The first-order chi connectivity index (χ1) is 7.41. The fourth-order valence-electron chi connectivity index (χ4n) is 1.33. The number of carboxylic acid groups (broad SMARTS) is 1. The summed E-state index contributed by atoms with van der Waals surface area (Å²) in [5.41, 5.74) is 1.76. The lowest BCUT2D eigenvalue weighted by molar-refractivity contribution is -0.137. The molecule has 2 N–H and O–H groups in total. The number of benzene rings is 1. The van der Waals surface area contributed by atoms with Crippen LogP contribution < -0.4 is 0 Å². The number of aliphatic carboxylic acids is 1. The Balaban J connectivity index is 2.86. The zero-order chi connectivity index (χ0) is 12.3. The van der Waals surface area contributed by atoms with Crippen LogP contribution in [0.3, 0.4) is 0 Å². The molecule has 0 aliphatic rings. The van der Waals surface area contributed by atoms with Crippen LogP contribution in [0.2, 0.25) is 0 Å². The van der Waals surface area contributed by atoms with Crippen LogP contribution in [0.4, 0.5) is 0 Å². The van der Waals surface area contributed by atoms with Gasteiger partial charge < -0.3 is 10.2 Å². The summed E-state index contributed by atoms with van der Waals surface area (Å²) in [4.78, 5) is 10.4. The summed E-state index contributed by atoms with van der Waals surface area (Å²) >= 11 is 6.74. The molecule has 16 heavy (non-hydrogen) atoms. The van der Waals surface area contributed by atoms with Crippen LogP contribution in [0.1, 0.15) is 30.1 Å². The summed E-state index contributed by atoms with van der Waals surface area (Å²) in [5, 5.41) is 18.4. The van der Waals surface area contributed by atoms with Gasteiger partial charge in [-0.2, -0.15) is 0 Å². The average molecular weight is 352 g/mol. The SMILES string of the molecule is Cc1cc(Br)c(C(O)CCC(=O)O)cc1Br. The van der Waals surface area contributed by atoms with Gasteiger partial charge in [-0.3, -0.25) is 4.79 Å². The van der Waals surface area contributed by atoms with Crippen LogP contribution in [0.5, 0.6) is 0 Å². The standard InChI is InChI=1S/C11H12Br2O3/c1-6-4-9(13)7(5-8(6)12)10(14)2-3-11(15)16/h4-5,10,14H,2-3H2,1H3,(H,15,16). The first-order valence-corrected chi connectivity index (χ1v) is 6.36. The van der Waals surface area contributed by atoms with Crippen molar-refractivity contribution in [2.24, 2.45) is 0 Å². The minimum atomic E-state index is -0.902. The lowest BCUT2D eigenvalue weighted by Gasteiger charge is -2.13. The second kappa shape index (κ2) is 5.80. The van der Waals surface area contributed by atoms with E-state index in [1.54, 1.807) is 0 Å². The number of hydrogen-bond acceptors (Lipinski definition) is 2. The maximum Gasteiger partial charge on any atom is 0.303 e. The Morgan fingerprint density at radius 1 is 1.38 bits per heavy atom. The number of halogens is 2. The van der Waals surface area contributed by atoms with Crippen LogP contribution in [-0.2, 0) is 4.79 Å². The van der Waals surface area contributed by atoms with E-state index >= 15 is 0 Å². The molecule has 0 aliphatic heterocycles. The van der Waals surface area contributed by atoms with E-state index in [0.717, 1.165) is 14.5 Å². The fraction of sp³-hybridized carbons (Fsp3) is 0.364. The van der Waals surface area contributed by atoms with Gasteiger partial charge in [0.05, 0.1) is 6.10 Å². The van der Waals surface area contributed by atoms with Crippen molar-refractivity contribution in [3.05, 3.63) is 32.2 Å². The van der Waals surface area contributed by atoms with Crippen molar-refractivity contribution < 1.29 is 15.0 Å². The molecule has 0 radical (unpaired) electrons. The number of aryl methyl sites for hydroxylation is 1. The maximum absolute atomic E-state index is 10.4. The van der Waals surface area contributed by atoms with E-state index in [4.69, 9.17) is 5.11 Å². The van der Waals surface area contributed by atoms with E-state index < -0.39 is 12.1 Å². The Bertz CT molecular complexity index is 404. The van der Waals surface area contributed by atoms with E-state index in [1.807, 2.05) is 19.1 Å². The van der Waals surface area contributed by atoms with E-state index in [-0.39, 0.29) is 12.8 Å². The molecule has 0 amide bonds. The lowest BCUT2D eigenvalue weighted by atomic mass is 10.0. The minimum Gasteiger partial charge on any atom is -0.481 e. The Labute approximate surface area is 111 Å². The number of rotatable bonds is 4. The van der Waals surface area contributed by atoms with Gasteiger partial charge in [0, 0.05) is 15.4 Å². The molecule has 0 saturated heterocycles. The maximum atomic E-state index is 10.4. The molecule has 0 bridgehead atoms. The van der Waals surface area contributed by atoms with Crippen molar-refractivity contribution in [3.63, 3.8) is 0 Å². The summed E-state index contributed by atoms with van der Waals surface area (Å²) in [6.45, 7) is 1.95. The highest BCUT2D eigenvalue weighted by Crippen LogP contribution is 2.31. The Kier molecular flexibility index (Phi) is 4.95. The minimum absolute atomic E-state index is 0.0426. The predicted molar refractivity (Wildman–Crippen MR) is 68.4 cm³/mol. The Morgan fingerprint density at radius 2 is 2.00 bits per heavy atom. The van der Waals surface area contributed by atoms with Gasteiger partial charge >= 0.3 is 5.97 Å². The highest BCUT2D eigenvalue weighted by molar-refractivity contribution is 9.11. The molecule has 5 heteroatoms. The molecule has 88 valence electrons. The van der Waals surface area contributed by atoms with Crippen molar-refractivity contribution in [1.29, 1.82) is 0 Å². The van der Waals surface area contributed by atoms with E-state index in [2.05, 4.69) is 31.9 Å². The number of aliphatic hydroxyl groups is 1. The van der Waals surface area contributed by atoms with Gasteiger partial charge in [-0.15, -0.1) is 0 Å². The van der Waals surface area contributed by atoms with Crippen molar-refractivity contribution in [2.45, 2.75) is 25.9 Å². The third-order valence-electron chi connectivity index (χ3n) is 2.27. The molecule has 0 aromatic heterocycles. The summed E-state index contributed by atoms with van der Waals surface area (Å²) in [6.07, 6.45) is -0.593. The van der Waals surface area contributed by atoms with Gasteiger partial charge in [0.25, 0.3) is 0 Å². The molecular formula is C11H12Br2O3. The molecule has 1 unspecified atom stereocenters. The molecule has 0 aliphatic carbocycles. The largest absolute Gasteiger partial charge is 0.481 e. The first-order valence-electron chi connectivity index (χ1n) is 4.77. The van der Waals surface area contributed by atoms with Crippen LogP contribution >= 0.6 is 31.9 Å². The van der Waals surface area contributed by atoms with Crippen LogP contribution in [-0.4, -0.2) is 16.2 Å². The Morgan fingerprint density at radius 3 is 2.56 bits per heavy atom. The van der Waals surface area contributed by atoms with Crippen molar-refractivity contribution in [2.75, 3.05) is 0 Å². The first kappa shape index (κ1) is 13.7. The van der Waals surface area contributed by atoms with Gasteiger partial charge in [0.2, 0.25) is 0 Å². The van der Waals surface area contributed by atoms with Gasteiger partial charge in [-0.05, 0) is 36.6 Å². The summed E-state index contributed by atoms with van der Waals surface area (Å²) in [7, 11) is 0. The number of carboxylic acids is 1. The molecule has 0 heterocycles. The molecule has 0 spiro atoms. The third-order valence-corrected chi connectivity index (χ3v) is 3.81. The molecule has 1 rings (SSSR count). The highest BCUT2D eigenvalue weighted by Gasteiger charge is 2.14. The zero-order valence-corrected chi connectivity index (χ0v) is 11.9. The van der Waals surface area contributed by atoms with E-state index in [9.17, 15) is 9.90 Å². The molecule has 1 aromatic carbocycles. The Hall–Kier alpha value is -0.390. The number of hydrogen-bond donors (Lipinski definition) is 2. The second-order valence-corrected chi connectivity index (χ2v) is 5.28. The third kappa shape index (κ3) is 3.57. The average Bonchev–Trinajstić information content (AvgIpc) is 2.20. The molecule has 0 fully saturated rings. The lowest BCUT2D eigenvalue weighted by Crippen LogP contribution is -2.03. The monoisotopic (exact) mass is 350 g/mol. The molecule has 1 atom stereocenters. The normalized spacial score (nSPS) is 12.5. The van der Waals surface area contributed by atoms with Crippen LogP contribution in [0.25, 0.3) is 0 Å². The van der Waals surface area contributed by atoms with Crippen molar-refractivity contribution in [3.8, 4) is 0 Å². The molecule has 1 aromatic rings. The second-order valence-electron chi connectivity index (χ2n) is 3.57. The highest BCUT2D eigenvalue weighted by atomic mass is 79.9. The summed E-state index contributed by atoms with van der Waals surface area (Å²) in [6, 6.07) is 3.70. The number of aliphatic hydroxyl groups excluding tert-OH is 1. The van der Waals surface area contributed by atoms with Gasteiger partial charge in [-0.25, -0.2) is 0 Å². The zero-order valence-electron chi connectivity index (χ0n) is 8.70. The van der Waals surface area contributed by atoms with Gasteiger partial charge in [-0.1, -0.05) is 31.9 Å². The van der Waals surface area contributed by atoms with Gasteiger partial charge in [0.15, 0.2) is 0 Å². The predicted octanol–water partition coefficient (Wildman–Crippen LogP) is 3.42. The summed E-state index contributed by atoms with van der Waals surface area (Å²) < 4.78 is 1.70.